The zero-order valence-electron chi connectivity index (χ0n) is 15.6. The van der Waals surface area contributed by atoms with Crippen molar-refractivity contribution in [1.29, 1.82) is 0 Å². The number of benzene rings is 2. The summed E-state index contributed by atoms with van der Waals surface area (Å²) in [5, 5.41) is 16.4. The Kier molecular flexibility index (Phi) is 6.29. The van der Waals surface area contributed by atoms with Crippen molar-refractivity contribution in [3.05, 3.63) is 88.0 Å². The van der Waals surface area contributed by atoms with Gasteiger partial charge in [0.25, 0.3) is 5.91 Å². The number of hydrogen-bond acceptors (Lipinski definition) is 3. The summed E-state index contributed by atoms with van der Waals surface area (Å²) in [6.45, 7) is 1.87. The smallest absolute Gasteiger partial charge is 0.326 e. The van der Waals surface area contributed by atoms with E-state index in [4.69, 9.17) is 11.6 Å². The fourth-order valence-electron chi connectivity index (χ4n) is 2.96. The second-order valence-corrected chi connectivity index (χ2v) is 6.95. The molecule has 0 unspecified atom stereocenters. The molecule has 150 valence electrons. The summed E-state index contributed by atoms with van der Waals surface area (Å²) in [6.07, 6.45) is 0.141. The molecule has 29 heavy (non-hydrogen) atoms. The summed E-state index contributed by atoms with van der Waals surface area (Å²) < 4.78 is 14.5. The largest absolute Gasteiger partial charge is 0.480 e. The number of halogens is 2. The number of aryl methyl sites for hydroxylation is 1. The Balaban J connectivity index is 1.78. The molecule has 0 saturated carbocycles. The van der Waals surface area contributed by atoms with Gasteiger partial charge in [0, 0.05) is 6.42 Å². The molecule has 1 heterocycles. The number of carboxylic acids is 1. The second-order valence-electron chi connectivity index (χ2n) is 6.59. The van der Waals surface area contributed by atoms with E-state index in [-0.39, 0.29) is 29.5 Å². The van der Waals surface area contributed by atoms with E-state index in [9.17, 15) is 19.1 Å². The van der Waals surface area contributed by atoms with Crippen LogP contribution in [0.1, 0.15) is 27.2 Å². The highest BCUT2D eigenvalue weighted by molar-refractivity contribution is 6.33. The lowest BCUT2D eigenvalue weighted by Crippen LogP contribution is -2.42. The van der Waals surface area contributed by atoms with E-state index in [2.05, 4.69) is 10.4 Å². The number of amides is 1. The summed E-state index contributed by atoms with van der Waals surface area (Å²) in [4.78, 5) is 24.4. The number of carbonyl (C=O) groups is 2. The Morgan fingerprint density at radius 2 is 1.79 bits per heavy atom. The number of aliphatic carboxylic acids is 1. The predicted molar refractivity (Wildman–Crippen MR) is 107 cm³/mol. The maximum absolute atomic E-state index is 13.1. The lowest BCUT2D eigenvalue weighted by atomic mass is 10.1. The molecule has 0 fully saturated rings. The standard InChI is InChI=1S/C21H19ClFN3O3/c1-13-18(19(22)26(25-13)12-15-7-9-16(23)10-8-15)20(27)24-17(21(28)29)11-14-5-3-2-4-6-14/h2-10,17H,11-12H2,1H3,(H,24,27)(H,28,29)/t17-/m0/s1. The monoisotopic (exact) mass is 415 g/mol. The normalized spacial score (nSPS) is 11.8. The predicted octanol–water partition coefficient (Wildman–Crippen LogP) is 3.46. The molecule has 0 radical (unpaired) electrons. The number of nitrogens with one attached hydrogen (secondary N) is 1. The summed E-state index contributed by atoms with van der Waals surface area (Å²) in [6, 6.07) is 13.8. The van der Waals surface area contributed by atoms with Gasteiger partial charge >= 0.3 is 5.97 Å². The number of carboxylic acid groups (broad SMARTS) is 1. The Labute approximate surface area is 171 Å². The van der Waals surface area contributed by atoms with Gasteiger partial charge in [0.15, 0.2) is 0 Å². The highest BCUT2D eigenvalue weighted by atomic mass is 35.5. The van der Waals surface area contributed by atoms with Crippen molar-refractivity contribution in [1.82, 2.24) is 15.1 Å². The van der Waals surface area contributed by atoms with Crippen LogP contribution < -0.4 is 5.32 Å². The zero-order chi connectivity index (χ0) is 21.0. The van der Waals surface area contributed by atoms with Crippen molar-refractivity contribution in [2.45, 2.75) is 25.9 Å². The first-order valence-corrected chi connectivity index (χ1v) is 9.28. The molecule has 3 rings (SSSR count). The molecule has 1 amide bonds. The Morgan fingerprint density at radius 3 is 2.41 bits per heavy atom. The molecule has 0 bridgehead atoms. The third-order valence-corrected chi connectivity index (χ3v) is 4.81. The van der Waals surface area contributed by atoms with Crippen LogP contribution in [0.15, 0.2) is 54.6 Å². The Hall–Kier alpha value is -3.19. The minimum atomic E-state index is -1.14. The van der Waals surface area contributed by atoms with Crippen LogP contribution in [-0.2, 0) is 17.8 Å². The molecule has 3 aromatic rings. The number of rotatable bonds is 7. The van der Waals surface area contributed by atoms with Crippen molar-refractivity contribution in [2.24, 2.45) is 0 Å². The van der Waals surface area contributed by atoms with E-state index >= 15 is 0 Å². The highest BCUT2D eigenvalue weighted by Gasteiger charge is 2.26. The van der Waals surface area contributed by atoms with Gasteiger partial charge in [-0.3, -0.25) is 4.79 Å². The lowest BCUT2D eigenvalue weighted by molar-refractivity contribution is -0.139. The minimum absolute atomic E-state index is 0.0909. The molecule has 0 saturated heterocycles. The third-order valence-electron chi connectivity index (χ3n) is 4.42. The fourth-order valence-corrected chi connectivity index (χ4v) is 3.28. The summed E-state index contributed by atoms with van der Waals surface area (Å²) in [7, 11) is 0. The lowest BCUT2D eigenvalue weighted by Gasteiger charge is -2.14. The first-order valence-electron chi connectivity index (χ1n) is 8.90. The average Bonchev–Trinajstić information content (AvgIpc) is 2.97. The summed E-state index contributed by atoms with van der Waals surface area (Å²) >= 11 is 6.35. The maximum atomic E-state index is 13.1. The molecule has 1 aromatic heterocycles. The van der Waals surface area contributed by atoms with Crippen molar-refractivity contribution in [2.75, 3.05) is 0 Å². The van der Waals surface area contributed by atoms with Gasteiger partial charge in [-0.15, -0.1) is 0 Å². The van der Waals surface area contributed by atoms with Crippen LogP contribution in [0, 0.1) is 12.7 Å². The van der Waals surface area contributed by atoms with E-state index in [1.54, 1.807) is 43.3 Å². The Bertz CT molecular complexity index is 1020. The van der Waals surface area contributed by atoms with Gasteiger partial charge in [-0.05, 0) is 30.2 Å². The number of aromatic nitrogens is 2. The van der Waals surface area contributed by atoms with Crippen LogP contribution in [0.2, 0.25) is 5.15 Å². The molecular weight excluding hydrogens is 397 g/mol. The van der Waals surface area contributed by atoms with Gasteiger partial charge in [0.2, 0.25) is 0 Å². The average molecular weight is 416 g/mol. The van der Waals surface area contributed by atoms with Crippen LogP contribution in [0.25, 0.3) is 0 Å². The molecule has 0 aliphatic rings. The fraction of sp³-hybridized carbons (Fsp3) is 0.190. The molecule has 2 N–H and O–H groups in total. The molecule has 2 aromatic carbocycles. The zero-order valence-corrected chi connectivity index (χ0v) is 16.4. The third kappa shape index (κ3) is 5.00. The minimum Gasteiger partial charge on any atom is -0.480 e. The van der Waals surface area contributed by atoms with Crippen LogP contribution in [-0.4, -0.2) is 32.8 Å². The topological polar surface area (TPSA) is 84.2 Å². The number of nitrogens with zero attached hydrogens (tertiary/aromatic N) is 2. The van der Waals surface area contributed by atoms with Gasteiger partial charge in [0.1, 0.15) is 17.0 Å². The highest BCUT2D eigenvalue weighted by Crippen LogP contribution is 2.21. The molecule has 0 aliphatic carbocycles. The first kappa shape index (κ1) is 20.5. The van der Waals surface area contributed by atoms with Crippen molar-refractivity contribution in [3.8, 4) is 0 Å². The molecular formula is C21H19ClFN3O3. The first-order chi connectivity index (χ1) is 13.8. The Morgan fingerprint density at radius 1 is 1.14 bits per heavy atom. The molecule has 1 atom stereocenters. The quantitative estimate of drug-likeness (QED) is 0.619. The number of carbonyl (C=O) groups excluding carboxylic acids is 1. The summed E-state index contributed by atoms with van der Waals surface area (Å²) in [5.41, 5.74) is 2.04. The second kappa shape index (κ2) is 8.87. The van der Waals surface area contributed by atoms with Gasteiger partial charge in [-0.25, -0.2) is 13.9 Å². The van der Waals surface area contributed by atoms with Gasteiger partial charge < -0.3 is 10.4 Å². The van der Waals surface area contributed by atoms with E-state index in [0.717, 1.165) is 11.1 Å². The van der Waals surface area contributed by atoms with Crippen LogP contribution >= 0.6 is 11.6 Å². The van der Waals surface area contributed by atoms with Gasteiger partial charge in [0.05, 0.1) is 17.8 Å². The van der Waals surface area contributed by atoms with Crippen LogP contribution in [0.3, 0.4) is 0 Å². The van der Waals surface area contributed by atoms with E-state index in [1.165, 1.54) is 16.8 Å². The van der Waals surface area contributed by atoms with Gasteiger partial charge in [-0.2, -0.15) is 5.10 Å². The van der Waals surface area contributed by atoms with E-state index in [0.29, 0.717) is 5.69 Å². The van der Waals surface area contributed by atoms with Crippen molar-refractivity contribution in [3.63, 3.8) is 0 Å². The molecule has 6 nitrogen and oxygen atoms in total. The maximum Gasteiger partial charge on any atom is 0.326 e. The van der Waals surface area contributed by atoms with E-state index < -0.39 is 17.9 Å². The molecule has 0 aliphatic heterocycles. The van der Waals surface area contributed by atoms with Gasteiger partial charge in [-0.1, -0.05) is 54.1 Å². The van der Waals surface area contributed by atoms with Crippen LogP contribution in [0.4, 0.5) is 4.39 Å². The van der Waals surface area contributed by atoms with E-state index in [1.807, 2.05) is 6.07 Å². The molecule has 0 spiro atoms. The van der Waals surface area contributed by atoms with Crippen molar-refractivity contribution < 1.29 is 19.1 Å². The summed E-state index contributed by atoms with van der Waals surface area (Å²) in [5.74, 6) is -2.11. The number of hydrogen-bond donors (Lipinski definition) is 2. The SMILES string of the molecule is Cc1nn(Cc2ccc(F)cc2)c(Cl)c1C(=O)N[C@@H](Cc1ccccc1)C(=O)O. The van der Waals surface area contributed by atoms with Crippen LogP contribution in [0.5, 0.6) is 0 Å². The molecule has 8 heteroatoms. The van der Waals surface area contributed by atoms with Crippen molar-refractivity contribution >= 4 is 23.5 Å².